The Hall–Kier alpha value is -3.46. The lowest BCUT2D eigenvalue weighted by Gasteiger charge is -2.13. The molecular formula is C22H20ClF2N5O2. The van der Waals surface area contributed by atoms with E-state index in [1.165, 1.54) is 24.3 Å². The maximum atomic E-state index is 13.0. The summed E-state index contributed by atoms with van der Waals surface area (Å²) in [7, 11) is 1.82. The van der Waals surface area contributed by atoms with Crippen LogP contribution in [0, 0.1) is 0 Å². The van der Waals surface area contributed by atoms with Crippen molar-refractivity contribution in [2.24, 2.45) is 7.05 Å². The minimum Gasteiger partial charge on any atom is -0.420 e. The van der Waals surface area contributed by atoms with Crippen LogP contribution in [0.2, 0.25) is 0 Å². The summed E-state index contributed by atoms with van der Waals surface area (Å²) in [6, 6.07) is 11.0. The van der Waals surface area contributed by atoms with Crippen LogP contribution in [-0.2, 0) is 7.05 Å². The van der Waals surface area contributed by atoms with Crippen LogP contribution in [0.5, 0.6) is 5.75 Å². The predicted molar refractivity (Wildman–Crippen MR) is 118 cm³/mol. The van der Waals surface area contributed by atoms with Gasteiger partial charge in [0.15, 0.2) is 0 Å². The Bertz CT molecular complexity index is 1280. The summed E-state index contributed by atoms with van der Waals surface area (Å²) >= 11 is 4.77. The summed E-state index contributed by atoms with van der Waals surface area (Å²) in [4.78, 5) is 17.4. The number of aromatic nitrogens is 4. The molecule has 10 heteroatoms. The van der Waals surface area contributed by atoms with E-state index in [9.17, 15) is 13.6 Å². The summed E-state index contributed by atoms with van der Waals surface area (Å²) < 4.78 is 33.5. The molecule has 4 aromatic rings. The summed E-state index contributed by atoms with van der Waals surface area (Å²) in [5.41, 5.74) is 0.0539. The molecule has 166 valence electrons. The molecule has 1 N–H and O–H groups in total. The van der Waals surface area contributed by atoms with Crippen molar-refractivity contribution >= 4 is 34.2 Å². The molecule has 0 radical (unpaired) electrons. The van der Waals surface area contributed by atoms with Gasteiger partial charge in [-0.2, -0.15) is 5.10 Å². The molecule has 1 amide bonds. The van der Waals surface area contributed by atoms with Gasteiger partial charge in [0, 0.05) is 47.7 Å². The smallest absolute Gasteiger partial charge is 0.420 e. The molecule has 0 atom stereocenters. The molecule has 7 nitrogen and oxygen atoms in total. The van der Waals surface area contributed by atoms with Gasteiger partial charge in [-0.15, -0.1) is 8.78 Å². The van der Waals surface area contributed by atoms with Gasteiger partial charge >= 0.3 is 5.57 Å². The van der Waals surface area contributed by atoms with Crippen molar-refractivity contribution in [2.75, 3.05) is 5.32 Å². The number of benzene rings is 2. The molecule has 0 aliphatic rings. The van der Waals surface area contributed by atoms with Crippen molar-refractivity contribution in [1.29, 1.82) is 0 Å². The van der Waals surface area contributed by atoms with Crippen molar-refractivity contribution in [2.45, 2.75) is 25.5 Å². The molecule has 32 heavy (non-hydrogen) atoms. The van der Waals surface area contributed by atoms with E-state index >= 15 is 0 Å². The van der Waals surface area contributed by atoms with E-state index in [0.29, 0.717) is 16.8 Å². The molecule has 0 saturated carbocycles. The minimum absolute atomic E-state index is 0.124. The number of aryl methyl sites for hydroxylation is 1. The number of fused-ring (bicyclic) bond motifs is 1. The van der Waals surface area contributed by atoms with E-state index < -0.39 is 5.57 Å². The number of anilines is 1. The van der Waals surface area contributed by atoms with Gasteiger partial charge in [-0.25, -0.2) is 4.98 Å². The molecule has 0 fully saturated rings. The normalized spacial score (nSPS) is 11.8. The highest BCUT2D eigenvalue weighted by molar-refractivity contribution is 6.20. The van der Waals surface area contributed by atoms with E-state index in [1.54, 1.807) is 23.1 Å². The number of halogens is 3. The lowest BCUT2D eigenvalue weighted by molar-refractivity contribution is -0.0964. The monoisotopic (exact) mass is 459 g/mol. The van der Waals surface area contributed by atoms with Crippen molar-refractivity contribution in [3.05, 3.63) is 60.6 Å². The maximum absolute atomic E-state index is 13.0. The van der Waals surface area contributed by atoms with Crippen LogP contribution in [-0.4, -0.2) is 30.8 Å². The Morgan fingerprint density at radius 2 is 1.91 bits per heavy atom. The Morgan fingerprint density at radius 1 is 1.19 bits per heavy atom. The zero-order valence-electron chi connectivity index (χ0n) is 17.5. The zero-order chi connectivity index (χ0) is 23.0. The molecule has 0 aliphatic heterocycles. The Kier molecular flexibility index (Phi) is 5.60. The van der Waals surface area contributed by atoms with Crippen LogP contribution >= 0.6 is 11.6 Å². The standard InChI is InChI=1S/C22H20ClF2N5O2/c1-13(2)30-12-26-19-11-14(10-17(20(19)30)18-8-9-29(3)28-18)21(31)27-15-4-6-16(7-5-15)32-22(23,24)25/h4-13H,1-3H3,(H,27,31). The first-order chi connectivity index (χ1) is 15.1. The largest absolute Gasteiger partial charge is 0.487 e. The number of nitrogens with zero attached hydrogens (tertiary/aromatic N) is 4. The lowest BCUT2D eigenvalue weighted by atomic mass is 10.0. The van der Waals surface area contributed by atoms with Crippen LogP contribution in [0.4, 0.5) is 14.5 Å². The van der Waals surface area contributed by atoms with Gasteiger partial charge in [0.05, 0.1) is 23.1 Å². The molecule has 0 saturated heterocycles. The van der Waals surface area contributed by atoms with Gasteiger partial charge in [0.2, 0.25) is 0 Å². The average Bonchev–Trinajstić information content (AvgIpc) is 3.34. The molecule has 2 aromatic carbocycles. The number of ether oxygens (including phenoxy) is 1. The third-order valence-electron chi connectivity index (χ3n) is 4.82. The number of nitrogens with one attached hydrogen (secondary N) is 1. The first kappa shape index (κ1) is 21.8. The molecule has 0 bridgehead atoms. The molecular weight excluding hydrogens is 440 g/mol. The predicted octanol–water partition coefficient (Wildman–Crippen LogP) is 5.44. The first-order valence-electron chi connectivity index (χ1n) is 9.78. The second kappa shape index (κ2) is 8.23. The number of hydrogen-bond acceptors (Lipinski definition) is 4. The second-order valence-electron chi connectivity index (χ2n) is 7.54. The second-order valence-corrected chi connectivity index (χ2v) is 7.98. The molecule has 2 heterocycles. The lowest BCUT2D eigenvalue weighted by Crippen LogP contribution is -2.16. The third kappa shape index (κ3) is 4.57. The minimum atomic E-state index is -3.80. The van der Waals surface area contributed by atoms with Crippen LogP contribution in [0.15, 0.2) is 55.0 Å². The molecule has 4 rings (SSSR count). The van der Waals surface area contributed by atoms with E-state index in [-0.39, 0.29) is 17.7 Å². The van der Waals surface area contributed by atoms with E-state index in [1.807, 2.05) is 23.9 Å². The fourth-order valence-corrected chi connectivity index (χ4v) is 3.48. The number of carbonyl (C=O) groups is 1. The van der Waals surface area contributed by atoms with Gasteiger partial charge in [0.25, 0.3) is 5.91 Å². The first-order valence-corrected chi connectivity index (χ1v) is 10.2. The van der Waals surface area contributed by atoms with Gasteiger partial charge in [-0.1, -0.05) is 0 Å². The van der Waals surface area contributed by atoms with E-state index in [2.05, 4.69) is 34.0 Å². The maximum Gasteiger partial charge on any atom is 0.487 e. The van der Waals surface area contributed by atoms with Crippen LogP contribution < -0.4 is 10.1 Å². The van der Waals surface area contributed by atoms with Crippen molar-refractivity contribution in [3.8, 4) is 17.0 Å². The van der Waals surface area contributed by atoms with Crippen molar-refractivity contribution < 1.29 is 18.3 Å². The molecule has 2 aromatic heterocycles. The third-order valence-corrected chi connectivity index (χ3v) is 4.90. The molecule has 0 unspecified atom stereocenters. The zero-order valence-corrected chi connectivity index (χ0v) is 18.3. The fourth-order valence-electron chi connectivity index (χ4n) is 3.39. The highest BCUT2D eigenvalue weighted by atomic mass is 35.5. The average molecular weight is 460 g/mol. The fraction of sp³-hybridized carbons (Fsp3) is 0.227. The molecule has 0 aliphatic carbocycles. The number of imidazole rings is 1. The number of alkyl halides is 3. The Balaban J connectivity index is 1.68. The van der Waals surface area contributed by atoms with Gasteiger partial charge in [-0.3, -0.25) is 9.48 Å². The number of carbonyl (C=O) groups excluding carboxylic acids is 1. The van der Waals surface area contributed by atoms with Gasteiger partial charge < -0.3 is 14.6 Å². The van der Waals surface area contributed by atoms with Crippen LogP contribution in [0.25, 0.3) is 22.3 Å². The SMILES string of the molecule is CC(C)n1cnc2cc(C(=O)Nc3ccc(OC(F)(F)Cl)cc3)cc(-c3ccn(C)n3)c21. The molecule has 0 spiro atoms. The van der Waals surface area contributed by atoms with Crippen molar-refractivity contribution in [1.82, 2.24) is 19.3 Å². The van der Waals surface area contributed by atoms with Crippen LogP contribution in [0.3, 0.4) is 0 Å². The highest BCUT2D eigenvalue weighted by Gasteiger charge is 2.27. The highest BCUT2D eigenvalue weighted by Crippen LogP contribution is 2.31. The number of rotatable bonds is 6. The van der Waals surface area contributed by atoms with E-state index in [4.69, 9.17) is 11.6 Å². The summed E-state index contributed by atoms with van der Waals surface area (Å²) in [5.74, 6) is -0.499. The number of amides is 1. The van der Waals surface area contributed by atoms with Gasteiger partial charge in [-0.05, 0) is 56.3 Å². The summed E-state index contributed by atoms with van der Waals surface area (Å²) in [5, 5.41) is 7.24. The van der Waals surface area contributed by atoms with Gasteiger partial charge in [0.1, 0.15) is 5.75 Å². The summed E-state index contributed by atoms with van der Waals surface area (Å²) in [6.45, 7) is 4.11. The van der Waals surface area contributed by atoms with E-state index in [0.717, 1.165) is 16.8 Å². The van der Waals surface area contributed by atoms with Crippen molar-refractivity contribution in [3.63, 3.8) is 0 Å². The Morgan fingerprint density at radius 3 is 2.50 bits per heavy atom. The number of hydrogen-bond donors (Lipinski definition) is 1. The quantitative estimate of drug-likeness (QED) is 0.390. The summed E-state index contributed by atoms with van der Waals surface area (Å²) in [6.07, 6.45) is 3.58. The van der Waals surface area contributed by atoms with Crippen LogP contribution in [0.1, 0.15) is 30.2 Å². The topological polar surface area (TPSA) is 74.0 Å². The Labute approximate surface area is 187 Å².